The van der Waals surface area contributed by atoms with Crippen molar-refractivity contribution in [2.45, 2.75) is 39.0 Å². The van der Waals surface area contributed by atoms with E-state index in [1.165, 1.54) is 25.7 Å². The average molecular weight is 266 g/mol. The van der Waals surface area contributed by atoms with Crippen LogP contribution in [0.25, 0.3) is 0 Å². The molecule has 0 spiro atoms. The molecule has 0 atom stereocenters. The molecule has 18 heavy (non-hydrogen) atoms. The van der Waals surface area contributed by atoms with Gasteiger partial charge in [0.05, 0.1) is 18.7 Å². The highest BCUT2D eigenvalue weighted by atomic mass is 35.5. The second-order valence-corrected chi connectivity index (χ2v) is 4.37. The van der Waals surface area contributed by atoms with Crippen LogP contribution in [-0.4, -0.2) is 17.5 Å². The maximum absolute atomic E-state index is 5.64. The standard InChI is InChI=1S/C15H20ClNO/c1-2-3-4-5-6-10-18-15-11-14(8-7-9-16)12-17-13-15/h11-13H,2-6,9-10H2,1H3. The fraction of sp³-hybridized carbons (Fsp3) is 0.533. The monoisotopic (exact) mass is 265 g/mol. The molecule has 0 aliphatic rings. The highest BCUT2D eigenvalue weighted by molar-refractivity contribution is 6.19. The lowest BCUT2D eigenvalue weighted by Crippen LogP contribution is -1.98. The fourth-order valence-electron chi connectivity index (χ4n) is 1.60. The zero-order valence-corrected chi connectivity index (χ0v) is 11.7. The molecule has 0 unspecified atom stereocenters. The first kappa shape index (κ1) is 14.9. The van der Waals surface area contributed by atoms with Crippen LogP contribution in [0.4, 0.5) is 0 Å². The Kier molecular flexibility index (Phi) is 8.08. The lowest BCUT2D eigenvalue weighted by atomic mass is 10.2. The van der Waals surface area contributed by atoms with Crippen molar-refractivity contribution in [1.29, 1.82) is 0 Å². The van der Waals surface area contributed by atoms with Crippen molar-refractivity contribution >= 4 is 11.6 Å². The summed E-state index contributed by atoms with van der Waals surface area (Å²) in [6.07, 6.45) is 9.63. The molecule has 1 aromatic rings. The Morgan fingerprint density at radius 2 is 2.06 bits per heavy atom. The van der Waals surface area contributed by atoms with Crippen molar-refractivity contribution in [2.24, 2.45) is 0 Å². The van der Waals surface area contributed by atoms with Crippen molar-refractivity contribution in [1.82, 2.24) is 4.98 Å². The van der Waals surface area contributed by atoms with E-state index in [0.717, 1.165) is 24.3 Å². The largest absolute Gasteiger partial charge is 0.492 e. The summed E-state index contributed by atoms with van der Waals surface area (Å²) in [5.41, 5.74) is 0.846. The maximum atomic E-state index is 5.64. The van der Waals surface area contributed by atoms with Crippen molar-refractivity contribution in [3.05, 3.63) is 24.0 Å². The zero-order chi connectivity index (χ0) is 13.1. The number of nitrogens with zero attached hydrogens (tertiary/aromatic N) is 1. The van der Waals surface area contributed by atoms with Crippen LogP contribution in [0.1, 0.15) is 44.6 Å². The van der Waals surface area contributed by atoms with Gasteiger partial charge >= 0.3 is 0 Å². The number of unbranched alkanes of at least 4 members (excludes halogenated alkanes) is 4. The first-order valence-corrected chi connectivity index (χ1v) is 7.03. The molecule has 1 aromatic heterocycles. The predicted molar refractivity (Wildman–Crippen MR) is 76.1 cm³/mol. The summed E-state index contributed by atoms with van der Waals surface area (Å²) in [6.45, 7) is 2.97. The molecule has 0 radical (unpaired) electrons. The van der Waals surface area contributed by atoms with Crippen LogP contribution in [0.5, 0.6) is 5.75 Å². The van der Waals surface area contributed by atoms with Crippen LogP contribution in [0.15, 0.2) is 18.5 Å². The fourth-order valence-corrected chi connectivity index (χ4v) is 1.66. The molecule has 1 rings (SSSR count). The second kappa shape index (κ2) is 9.79. The van der Waals surface area contributed by atoms with Gasteiger partial charge in [-0.05, 0) is 12.5 Å². The number of halogens is 1. The predicted octanol–water partition coefficient (Wildman–Crippen LogP) is 4.02. The molecule has 98 valence electrons. The highest BCUT2D eigenvalue weighted by Crippen LogP contribution is 2.11. The Hall–Kier alpha value is -1.20. The minimum absolute atomic E-state index is 0.336. The third kappa shape index (κ3) is 6.51. The molecule has 2 nitrogen and oxygen atoms in total. The van der Waals surface area contributed by atoms with E-state index in [1.54, 1.807) is 12.4 Å². The van der Waals surface area contributed by atoms with E-state index >= 15 is 0 Å². The van der Waals surface area contributed by atoms with E-state index in [2.05, 4.69) is 23.7 Å². The molecule has 0 saturated carbocycles. The molecule has 0 fully saturated rings. The van der Waals surface area contributed by atoms with Gasteiger partial charge in [0, 0.05) is 11.8 Å². The van der Waals surface area contributed by atoms with Crippen LogP contribution < -0.4 is 4.74 Å². The molecular formula is C15H20ClNO. The minimum atomic E-state index is 0.336. The van der Waals surface area contributed by atoms with E-state index in [9.17, 15) is 0 Å². The number of pyridine rings is 1. The second-order valence-electron chi connectivity index (χ2n) is 4.11. The van der Waals surface area contributed by atoms with Gasteiger partial charge in [0.25, 0.3) is 0 Å². The summed E-state index contributed by atoms with van der Waals surface area (Å²) in [5, 5.41) is 0. The van der Waals surface area contributed by atoms with E-state index in [-0.39, 0.29) is 0 Å². The third-order valence-electron chi connectivity index (χ3n) is 2.53. The van der Waals surface area contributed by atoms with E-state index in [0.29, 0.717) is 5.88 Å². The summed E-state index contributed by atoms with van der Waals surface area (Å²) in [5.74, 6) is 6.85. The third-order valence-corrected chi connectivity index (χ3v) is 2.66. The van der Waals surface area contributed by atoms with E-state index in [4.69, 9.17) is 16.3 Å². The molecule has 0 aliphatic heterocycles. The Balaban J connectivity index is 2.29. The lowest BCUT2D eigenvalue weighted by Gasteiger charge is -2.05. The SMILES string of the molecule is CCCCCCCOc1cncc(C#CCCl)c1. The molecule has 0 bridgehead atoms. The Bertz CT molecular complexity index is 395. The smallest absolute Gasteiger partial charge is 0.138 e. The number of aromatic nitrogens is 1. The van der Waals surface area contributed by atoms with Gasteiger partial charge in [-0.15, -0.1) is 11.6 Å². The number of alkyl halides is 1. The van der Waals surface area contributed by atoms with Gasteiger partial charge in [-0.1, -0.05) is 44.4 Å². The van der Waals surface area contributed by atoms with E-state index < -0.39 is 0 Å². The van der Waals surface area contributed by atoms with Crippen LogP contribution in [0.3, 0.4) is 0 Å². The number of rotatable bonds is 7. The number of ether oxygens (including phenoxy) is 1. The normalized spacial score (nSPS) is 9.67. The summed E-state index contributed by atoms with van der Waals surface area (Å²) < 4.78 is 5.64. The van der Waals surface area contributed by atoms with E-state index in [1.807, 2.05) is 6.07 Å². The molecule has 0 saturated heterocycles. The van der Waals surface area contributed by atoms with Gasteiger partial charge in [0.1, 0.15) is 5.75 Å². The van der Waals surface area contributed by atoms with Gasteiger partial charge in [-0.2, -0.15) is 0 Å². The zero-order valence-electron chi connectivity index (χ0n) is 10.9. The first-order chi connectivity index (χ1) is 8.86. The van der Waals surface area contributed by atoms with Crippen LogP contribution >= 0.6 is 11.6 Å². The Morgan fingerprint density at radius 1 is 1.22 bits per heavy atom. The topological polar surface area (TPSA) is 22.1 Å². The Morgan fingerprint density at radius 3 is 2.83 bits per heavy atom. The average Bonchev–Trinajstić information content (AvgIpc) is 2.41. The molecular weight excluding hydrogens is 246 g/mol. The molecule has 0 aromatic carbocycles. The van der Waals surface area contributed by atoms with Crippen LogP contribution in [-0.2, 0) is 0 Å². The van der Waals surface area contributed by atoms with Gasteiger partial charge in [0.15, 0.2) is 0 Å². The summed E-state index contributed by atoms with van der Waals surface area (Å²) in [6, 6.07) is 1.90. The van der Waals surface area contributed by atoms with Crippen molar-refractivity contribution < 1.29 is 4.74 Å². The van der Waals surface area contributed by atoms with Crippen molar-refractivity contribution in [3.63, 3.8) is 0 Å². The summed E-state index contributed by atoms with van der Waals surface area (Å²) >= 11 is 5.51. The van der Waals surface area contributed by atoms with Gasteiger partial charge in [0.2, 0.25) is 0 Å². The highest BCUT2D eigenvalue weighted by Gasteiger charge is 1.96. The summed E-state index contributed by atoms with van der Waals surface area (Å²) in [7, 11) is 0. The van der Waals surface area contributed by atoms with Gasteiger partial charge in [-0.25, -0.2) is 0 Å². The number of hydrogen-bond donors (Lipinski definition) is 0. The first-order valence-electron chi connectivity index (χ1n) is 6.49. The lowest BCUT2D eigenvalue weighted by molar-refractivity contribution is 0.303. The van der Waals surface area contributed by atoms with Crippen molar-refractivity contribution in [3.8, 4) is 17.6 Å². The van der Waals surface area contributed by atoms with Crippen LogP contribution in [0.2, 0.25) is 0 Å². The van der Waals surface area contributed by atoms with Crippen LogP contribution in [0, 0.1) is 11.8 Å². The summed E-state index contributed by atoms with van der Waals surface area (Å²) in [4.78, 5) is 4.10. The molecule has 0 aliphatic carbocycles. The number of hydrogen-bond acceptors (Lipinski definition) is 2. The maximum Gasteiger partial charge on any atom is 0.138 e. The minimum Gasteiger partial charge on any atom is -0.492 e. The van der Waals surface area contributed by atoms with Gasteiger partial charge in [-0.3, -0.25) is 4.98 Å². The molecule has 0 N–H and O–H groups in total. The molecule has 3 heteroatoms. The van der Waals surface area contributed by atoms with Gasteiger partial charge < -0.3 is 4.74 Å². The van der Waals surface area contributed by atoms with Crippen molar-refractivity contribution in [2.75, 3.05) is 12.5 Å². The quantitative estimate of drug-likeness (QED) is 0.422. The molecule has 1 heterocycles. The Labute approximate surface area is 115 Å². The molecule has 0 amide bonds.